The van der Waals surface area contributed by atoms with Gasteiger partial charge in [-0.05, 0) is 38.4 Å². The van der Waals surface area contributed by atoms with Gasteiger partial charge in [0.15, 0.2) is 5.17 Å². The van der Waals surface area contributed by atoms with Gasteiger partial charge in [0, 0.05) is 16.5 Å². The third kappa shape index (κ3) is 4.09. The maximum Gasteiger partial charge on any atom is 0.157 e. The number of aliphatic imine (C=N–C) groups is 1. The van der Waals surface area contributed by atoms with Gasteiger partial charge < -0.3 is 5.32 Å². The lowest BCUT2D eigenvalue weighted by Gasteiger charge is -2.28. The van der Waals surface area contributed by atoms with E-state index in [2.05, 4.69) is 23.5 Å². The van der Waals surface area contributed by atoms with Crippen LogP contribution in [0.25, 0.3) is 0 Å². The van der Waals surface area contributed by atoms with Gasteiger partial charge in [0.05, 0.1) is 6.54 Å². The van der Waals surface area contributed by atoms with Crippen LogP contribution in [0.3, 0.4) is 0 Å². The van der Waals surface area contributed by atoms with Gasteiger partial charge in [-0.1, -0.05) is 25.1 Å². The highest BCUT2D eigenvalue weighted by molar-refractivity contribution is 8.14. The molecule has 1 aliphatic carbocycles. The van der Waals surface area contributed by atoms with Crippen LogP contribution in [0.5, 0.6) is 0 Å². The average Bonchev–Trinajstić information content (AvgIpc) is 2.78. The number of hydrogen-bond acceptors (Lipinski definition) is 4. The van der Waals surface area contributed by atoms with E-state index in [1.807, 2.05) is 23.5 Å². The molecular formula is C13H24N2S2. The Morgan fingerprint density at radius 2 is 2.12 bits per heavy atom. The van der Waals surface area contributed by atoms with Crippen molar-refractivity contribution < 1.29 is 0 Å². The van der Waals surface area contributed by atoms with Gasteiger partial charge in [0.1, 0.15) is 0 Å². The molecule has 2 rings (SSSR count). The molecule has 1 heterocycles. The Labute approximate surface area is 114 Å². The predicted molar refractivity (Wildman–Crippen MR) is 81.3 cm³/mol. The Morgan fingerprint density at radius 1 is 1.35 bits per heavy atom. The van der Waals surface area contributed by atoms with Gasteiger partial charge >= 0.3 is 0 Å². The largest absolute Gasteiger partial charge is 0.362 e. The third-order valence-corrected chi connectivity index (χ3v) is 5.99. The summed E-state index contributed by atoms with van der Waals surface area (Å²) in [6.45, 7) is 3.29. The molecule has 1 atom stereocenters. The minimum Gasteiger partial charge on any atom is -0.362 e. The molecule has 1 N–H and O–H groups in total. The highest BCUT2D eigenvalue weighted by atomic mass is 32.2. The summed E-state index contributed by atoms with van der Waals surface area (Å²) in [5.74, 6) is 0. The Morgan fingerprint density at radius 3 is 2.76 bits per heavy atom. The number of nitrogens with one attached hydrogen (secondary N) is 1. The van der Waals surface area contributed by atoms with E-state index in [-0.39, 0.29) is 0 Å². The maximum atomic E-state index is 4.63. The predicted octanol–water partition coefficient (Wildman–Crippen LogP) is 3.52. The van der Waals surface area contributed by atoms with E-state index in [1.54, 1.807) is 0 Å². The molecule has 0 aromatic carbocycles. The van der Waals surface area contributed by atoms with E-state index in [9.17, 15) is 0 Å². The van der Waals surface area contributed by atoms with E-state index < -0.39 is 0 Å². The first kappa shape index (κ1) is 13.6. The van der Waals surface area contributed by atoms with Crippen molar-refractivity contribution in [1.29, 1.82) is 0 Å². The second-order valence-corrected chi connectivity index (χ2v) is 7.46. The molecule has 1 aliphatic heterocycles. The maximum absolute atomic E-state index is 4.63. The Kier molecular flexibility index (Phi) is 5.54. The van der Waals surface area contributed by atoms with Gasteiger partial charge in [-0.15, -0.1) is 0 Å². The zero-order valence-electron chi connectivity index (χ0n) is 10.9. The monoisotopic (exact) mass is 272 g/mol. The molecule has 1 fully saturated rings. The summed E-state index contributed by atoms with van der Waals surface area (Å²) in [6, 6.07) is 0.685. The van der Waals surface area contributed by atoms with Gasteiger partial charge in [0.2, 0.25) is 0 Å². The van der Waals surface area contributed by atoms with Crippen molar-refractivity contribution in [2.24, 2.45) is 4.99 Å². The van der Waals surface area contributed by atoms with Gasteiger partial charge in [-0.3, -0.25) is 4.99 Å². The molecule has 98 valence electrons. The van der Waals surface area contributed by atoms with Crippen molar-refractivity contribution in [3.8, 4) is 0 Å². The lowest BCUT2D eigenvalue weighted by Crippen LogP contribution is -2.36. The molecule has 1 unspecified atom stereocenters. The van der Waals surface area contributed by atoms with Crippen LogP contribution in [-0.4, -0.2) is 34.5 Å². The minimum atomic E-state index is 0.685. The summed E-state index contributed by atoms with van der Waals surface area (Å²) in [7, 11) is 0. The van der Waals surface area contributed by atoms with Crippen LogP contribution in [0.4, 0.5) is 0 Å². The number of amidine groups is 1. The molecular weight excluding hydrogens is 248 g/mol. The van der Waals surface area contributed by atoms with Crippen LogP contribution in [0.15, 0.2) is 4.99 Å². The number of hydrogen-bond donors (Lipinski definition) is 1. The zero-order valence-corrected chi connectivity index (χ0v) is 12.6. The highest BCUT2D eigenvalue weighted by Crippen LogP contribution is 2.29. The lowest BCUT2D eigenvalue weighted by atomic mass is 9.95. The molecule has 4 heteroatoms. The summed E-state index contributed by atoms with van der Waals surface area (Å²) in [4.78, 5) is 4.63. The molecule has 0 aromatic heterocycles. The van der Waals surface area contributed by atoms with Crippen LogP contribution in [-0.2, 0) is 0 Å². The molecule has 1 saturated carbocycles. The highest BCUT2D eigenvalue weighted by Gasteiger charge is 2.24. The summed E-state index contributed by atoms with van der Waals surface area (Å²) >= 11 is 4.00. The van der Waals surface area contributed by atoms with Crippen LogP contribution >= 0.6 is 23.5 Å². The zero-order chi connectivity index (χ0) is 12.1. The van der Waals surface area contributed by atoms with Gasteiger partial charge in [0.25, 0.3) is 0 Å². The first-order chi connectivity index (χ1) is 8.31. The van der Waals surface area contributed by atoms with Crippen LogP contribution in [0, 0.1) is 0 Å². The minimum absolute atomic E-state index is 0.685. The Balaban J connectivity index is 1.69. The molecule has 0 bridgehead atoms. The van der Waals surface area contributed by atoms with E-state index in [4.69, 9.17) is 0 Å². The van der Waals surface area contributed by atoms with Crippen molar-refractivity contribution in [2.45, 2.75) is 62.0 Å². The quantitative estimate of drug-likeness (QED) is 0.847. The Hall–Kier alpha value is 0.170. The van der Waals surface area contributed by atoms with Crippen molar-refractivity contribution >= 4 is 28.7 Å². The van der Waals surface area contributed by atoms with Crippen LogP contribution in [0.2, 0.25) is 0 Å². The summed E-state index contributed by atoms with van der Waals surface area (Å²) < 4.78 is 0. The first-order valence-corrected chi connectivity index (χ1v) is 8.99. The van der Waals surface area contributed by atoms with Gasteiger partial charge in [-0.25, -0.2) is 0 Å². The van der Waals surface area contributed by atoms with E-state index in [0.717, 1.165) is 17.0 Å². The molecule has 0 radical (unpaired) electrons. The molecule has 0 spiro atoms. The molecule has 2 aliphatic rings. The third-order valence-electron chi connectivity index (χ3n) is 3.66. The van der Waals surface area contributed by atoms with Crippen molar-refractivity contribution in [3.05, 3.63) is 0 Å². The smallest absolute Gasteiger partial charge is 0.157 e. The SMILES string of the molecule is CCCC1CN=C(NC2CCC(SC)CC2)S1. The second kappa shape index (κ2) is 6.93. The fourth-order valence-electron chi connectivity index (χ4n) is 2.59. The van der Waals surface area contributed by atoms with Crippen molar-refractivity contribution in [2.75, 3.05) is 12.8 Å². The fraction of sp³-hybridized carbons (Fsp3) is 0.923. The normalized spacial score (nSPS) is 33.5. The van der Waals surface area contributed by atoms with E-state index in [1.165, 1.54) is 43.7 Å². The van der Waals surface area contributed by atoms with E-state index >= 15 is 0 Å². The molecule has 2 nitrogen and oxygen atoms in total. The molecule has 0 aromatic rings. The van der Waals surface area contributed by atoms with Gasteiger partial charge in [-0.2, -0.15) is 11.8 Å². The van der Waals surface area contributed by atoms with Crippen molar-refractivity contribution in [1.82, 2.24) is 5.32 Å². The summed E-state index contributed by atoms with van der Waals surface area (Å²) in [6.07, 6.45) is 10.2. The number of nitrogens with zero attached hydrogens (tertiary/aromatic N) is 1. The topological polar surface area (TPSA) is 24.4 Å². The average molecular weight is 272 g/mol. The fourth-order valence-corrected chi connectivity index (χ4v) is 4.53. The number of thioether (sulfide) groups is 2. The van der Waals surface area contributed by atoms with Crippen LogP contribution in [0.1, 0.15) is 45.4 Å². The standard InChI is InChI=1S/C13H24N2S2/c1-3-4-12-9-14-13(17-12)15-10-5-7-11(16-2)8-6-10/h10-12H,3-9H2,1-2H3,(H,14,15). The van der Waals surface area contributed by atoms with Crippen LogP contribution < -0.4 is 5.32 Å². The first-order valence-electron chi connectivity index (χ1n) is 6.82. The lowest BCUT2D eigenvalue weighted by molar-refractivity contribution is 0.423. The molecule has 0 amide bonds. The number of rotatable bonds is 4. The van der Waals surface area contributed by atoms with Crippen molar-refractivity contribution in [3.63, 3.8) is 0 Å². The molecule has 17 heavy (non-hydrogen) atoms. The molecule has 0 saturated heterocycles. The van der Waals surface area contributed by atoms with E-state index in [0.29, 0.717) is 6.04 Å². The Bertz CT molecular complexity index is 260. The summed E-state index contributed by atoms with van der Waals surface area (Å²) in [5, 5.41) is 6.52. The summed E-state index contributed by atoms with van der Waals surface area (Å²) in [5.41, 5.74) is 0. The second-order valence-electron chi connectivity index (χ2n) is 5.03.